The fourth-order valence-corrected chi connectivity index (χ4v) is 3.00. The van der Waals surface area contributed by atoms with Crippen molar-refractivity contribution in [3.63, 3.8) is 0 Å². The maximum Gasteiger partial charge on any atom is 0.255 e. The van der Waals surface area contributed by atoms with E-state index in [1.54, 1.807) is 42.7 Å². The molecule has 0 saturated carbocycles. The molecule has 0 spiro atoms. The van der Waals surface area contributed by atoms with E-state index < -0.39 is 0 Å². The average molecular weight is 391 g/mol. The first-order chi connectivity index (χ1) is 14.1. The van der Waals surface area contributed by atoms with Crippen molar-refractivity contribution in [1.29, 1.82) is 0 Å². The Kier molecular flexibility index (Phi) is 6.68. The Balaban J connectivity index is 1.57. The molecule has 0 aliphatic carbocycles. The van der Waals surface area contributed by atoms with E-state index in [-0.39, 0.29) is 11.8 Å². The van der Waals surface area contributed by atoms with Crippen molar-refractivity contribution in [2.45, 2.75) is 20.4 Å². The van der Waals surface area contributed by atoms with Crippen LogP contribution in [0.5, 0.6) is 0 Å². The van der Waals surface area contributed by atoms with E-state index in [4.69, 9.17) is 4.42 Å². The SMILES string of the molecule is CCN(CC)c1ccc(NC(=O)c2ccc(C(=O)NCc3ccco3)cc2)cc1. The summed E-state index contributed by atoms with van der Waals surface area (Å²) >= 11 is 0. The van der Waals surface area contributed by atoms with Crippen molar-refractivity contribution >= 4 is 23.2 Å². The predicted molar refractivity (Wildman–Crippen MR) is 114 cm³/mol. The summed E-state index contributed by atoms with van der Waals surface area (Å²) in [6, 6.07) is 17.9. The second-order valence-corrected chi connectivity index (χ2v) is 6.51. The number of nitrogens with zero attached hydrogens (tertiary/aromatic N) is 1. The van der Waals surface area contributed by atoms with E-state index in [1.165, 1.54) is 0 Å². The lowest BCUT2D eigenvalue weighted by molar-refractivity contribution is 0.0946. The lowest BCUT2D eigenvalue weighted by Gasteiger charge is -2.21. The summed E-state index contributed by atoms with van der Waals surface area (Å²) in [6.07, 6.45) is 1.56. The van der Waals surface area contributed by atoms with E-state index in [1.807, 2.05) is 24.3 Å². The first-order valence-electron chi connectivity index (χ1n) is 9.67. The molecule has 150 valence electrons. The van der Waals surface area contributed by atoms with E-state index in [0.717, 1.165) is 24.5 Å². The van der Waals surface area contributed by atoms with E-state index in [2.05, 4.69) is 29.4 Å². The molecule has 0 fully saturated rings. The van der Waals surface area contributed by atoms with Crippen molar-refractivity contribution in [1.82, 2.24) is 5.32 Å². The average Bonchev–Trinajstić information content (AvgIpc) is 3.28. The zero-order valence-electron chi connectivity index (χ0n) is 16.6. The number of furan rings is 1. The molecule has 2 aromatic carbocycles. The van der Waals surface area contributed by atoms with Crippen LogP contribution in [-0.2, 0) is 6.54 Å². The minimum atomic E-state index is -0.222. The maximum absolute atomic E-state index is 12.5. The van der Waals surface area contributed by atoms with E-state index >= 15 is 0 Å². The van der Waals surface area contributed by atoms with Crippen molar-refractivity contribution < 1.29 is 14.0 Å². The number of carbonyl (C=O) groups excluding carboxylic acids is 2. The Morgan fingerprint density at radius 1 is 0.862 bits per heavy atom. The van der Waals surface area contributed by atoms with Crippen molar-refractivity contribution in [3.05, 3.63) is 83.8 Å². The van der Waals surface area contributed by atoms with Crippen LogP contribution < -0.4 is 15.5 Å². The molecule has 0 atom stereocenters. The quantitative estimate of drug-likeness (QED) is 0.600. The van der Waals surface area contributed by atoms with Crippen LogP contribution in [0.1, 0.15) is 40.3 Å². The zero-order valence-corrected chi connectivity index (χ0v) is 16.6. The van der Waals surface area contributed by atoms with Gasteiger partial charge in [-0.2, -0.15) is 0 Å². The Bertz CT molecular complexity index is 929. The van der Waals surface area contributed by atoms with Gasteiger partial charge in [0.25, 0.3) is 11.8 Å². The first-order valence-corrected chi connectivity index (χ1v) is 9.67. The van der Waals surface area contributed by atoms with Gasteiger partial charge in [0.1, 0.15) is 5.76 Å². The molecular weight excluding hydrogens is 366 g/mol. The molecule has 6 heteroatoms. The molecule has 29 heavy (non-hydrogen) atoms. The molecule has 0 aliphatic heterocycles. The lowest BCUT2D eigenvalue weighted by atomic mass is 10.1. The van der Waals surface area contributed by atoms with Gasteiger partial charge >= 0.3 is 0 Å². The molecule has 0 bridgehead atoms. The molecule has 1 aromatic heterocycles. The Morgan fingerprint density at radius 3 is 2.03 bits per heavy atom. The highest BCUT2D eigenvalue weighted by molar-refractivity contribution is 6.05. The van der Waals surface area contributed by atoms with Gasteiger partial charge in [0.15, 0.2) is 0 Å². The highest BCUT2D eigenvalue weighted by atomic mass is 16.3. The second kappa shape index (κ2) is 9.59. The van der Waals surface area contributed by atoms with E-state index in [9.17, 15) is 9.59 Å². The summed E-state index contributed by atoms with van der Waals surface area (Å²) in [4.78, 5) is 26.9. The van der Waals surface area contributed by atoms with Gasteiger partial charge in [0, 0.05) is 35.6 Å². The largest absolute Gasteiger partial charge is 0.467 e. The van der Waals surface area contributed by atoms with Gasteiger partial charge in [-0.1, -0.05) is 0 Å². The second-order valence-electron chi connectivity index (χ2n) is 6.51. The number of amides is 2. The molecule has 3 rings (SSSR count). The smallest absolute Gasteiger partial charge is 0.255 e. The Morgan fingerprint density at radius 2 is 1.48 bits per heavy atom. The summed E-state index contributed by atoms with van der Waals surface area (Å²) in [7, 11) is 0. The molecule has 2 amide bonds. The number of rotatable bonds is 8. The summed E-state index contributed by atoms with van der Waals surface area (Å²) in [5.41, 5.74) is 2.82. The van der Waals surface area contributed by atoms with Gasteiger partial charge < -0.3 is 20.0 Å². The van der Waals surface area contributed by atoms with Gasteiger partial charge in [0.2, 0.25) is 0 Å². The highest BCUT2D eigenvalue weighted by Crippen LogP contribution is 2.18. The van der Waals surface area contributed by atoms with Gasteiger partial charge in [0.05, 0.1) is 12.8 Å². The number of hydrogen-bond acceptors (Lipinski definition) is 4. The molecule has 0 unspecified atom stereocenters. The summed E-state index contributed by atoms with van der Waals surface area (Å²) in [5, 5.41) is 5.66. The lowest BCUT2D eigenvalue weighted by Crippen LogP contribution is -2.22. The summed E-state index contributed by atoms with van der Waals surface area (Å²) in [5.74, 6) is 0.241. The fourth-order valence-electron chi connectivity index (χ4n) is 3.00. The first kappa shape index (κ1) is 20.2. The Labute approximate surface area is 170 Å². The molecule has 1 heterocycles. The monoisotopic (exact) mass is 391 g/mol. The minimum Gasteiger partial charge on any atom is -0.467 e. The molecule has 2 N–H and O–H groups in total. The number of carbonyl (C=O) groups is 2. The van der Waals surface area contributed by atoms with Crippen LogP contribution in [0.3, 0.4) is 0 Å². The molecule has 0 saturated heterocycles. The molecular formula is C23H25N3O3. The van der Waals surface area contributed by atoms with Crippen molar-refractivity contribution in [2.75, 3.05) is 23.3 Å². The topological polar surface area (TPSA) is 74.6 Å². The molecule has 0 radical (unpaired) electrons. The molecule has 6 nitrogen and oxygen atoms in total. The number of anilines is 2. The van der Waals surface area contributed by atoms with Crippen molar-refractivity contribution in [3.8, 4) is 0 Å². The van der Waals surface area contributed by atoms with Crippen LogP contribution in [0.25, 0.3) is 0 Å². The van der Waals surface area contributed by atoms with Gasteiger partial charge in [-0.05, 0) is 74.5 Å². The molecule has 0 aliphatic rings. The van der Waals surface area contributed by atoms with Crippen molar-refractivity contribution in [2.24, 2.45) is 0 Å². The summed E-state index contributed by atoms with van der Waals surface area (Å²) in [6.45, 7) is 6.41. The standard InChI is InChI=1S/C23H25N3O3/c1-3-26(4-2)20-13-11-19(12-14-20)25-23(28)18-9-7-17(8-10-18)22(27)24-16-21-6-5-15-29-21/h5-15H,3-4,16H2,1-2H3,(H,24,27)(H,25,28). The highest BCUT2D eigenvalue weighted by Gasteiger charge is 2.10. The third-order valence-corrected chi connectivity index (χ3v) is 4.67. The maximum atomic E-state index is 12.5. The normalized spacial score (nSPS) is 10.4. The Hall–Kier alpha value is -3.54. The minimum absolute atomic E-state index is 0.219. The number of hydrogen-bond donors (Lipinski definition) is 2. The van der Waals surface area contributed by atoms with Gasteiger partial charge in [-0.3, -0.25) is 9.59 Å². The molecule has 3 aromatic rings. The third-order valence-electron chi connectivity index (χ3n) is 4.67. The van der Waals surface area contributed by atoms with Gasteiger partial charge in [-0.25, -0.2) is 0 Å². The number of nitrogens with one attached hydrogen (secondary N) is 2. The number of benzene rings is 2. The van der Waals surface area contributed by atoms with Crippen LogP contribution in [0.4, 0.5) is 11.4 Å². The van der Waals surface area contributed by atoms with Crippen LogP contribution in [0, 0.1) is 0 Å². The van der Waals surface area contributed by atoms with Crippen LogP contribution >= 0.6 is 0 Å². The van der Waals surface area contributed by atoms with E-state index in [0.29, 0.717) is 23.4 Å². The van der Waals surface area contributed by atoms with Crippen LogP contribution in [-0.4, -0.2) is 24.9 Å². The third kappa shape index (κ3) is 5.25. The van der Waals surface area contributed by atoms with Gasteiger partial charge in [-0.15, -0.1) is 0 Å². The fraction of sp³-hybridized carbons (Fsp3) is 0.217. The summed E-state index contributed by atoms with van der Waals surface area (Å²) < 4.78 is 5.19. The van der Waals surface area contributed by atoms with Crippen LogP contribution in [0.15, 0.2) is 71.3 Å². The zero-order chi connectivity index (χ0) is 20.6. The van der Waals surface area contributed by atoms with Crippen LogP contribution in [0.2, 0.25) is 0 Å². The predicted octanol–water partition coefficient (Wildman–Crippen LogP) is 4.31.